The first-order valence-electron chi connectivity index (χ1n) is 10.0. The zero-order chi connectivity index (χ0) is 21.3. The number of aromatic amines is 1. The zero-order valence-electron chi connectivity index (χ0n) is 17.1. The fourth-order valence-corrected chi connectivity index (χ4v) is 5.09. The van der Waals surface area contributed by atoms with Crippen molar-refractivity contribution in [2.24, 2.45) is 0 Å². The number of fused-ring (bicyclic) bond motifs is 1. The van der Waals surface area contributed by atoms with E-state index >= 15 is 0 Å². The van der Waals surface area contributed by atoms with Crippen molar-refractivity contribution in [1.29, 1.82) is 0 Å². The fraction of sp³-hybridized carbons (Fsp3) is 0.261. The molecule has 0 unspecified atom stereocenters. The summed E-state index contributed by atoms with van der Waals surface area (Å²) in [6.45, 7) is 4.61. The molecule has 0 spiro atoms. The smallest absolute Gasteiger partial charge is 0.254 e. The molecule has 1 aliphatic heterocycles. The Labute approximate surface area is 176 Å². The SMILES string of the molecule is CC(C)NS(=O)(=O)c1cccc(C(=O)N2CC=C(c3c[nH]c4ccccc34)CC2)c1. The highest BCUT2D eigenvalue weighted by atomic mass is 32.2. The average Bonchev–Trinajstić information content (AvgIpc) is 3.17. The summed E-state index contributed by atoms with van der Waals surface area (Å²) in [5.41, 5.74) is 3.87. The summed E-state index contributed by atoms with van der Waals surface area (Å²) in [6, 6.07) is 14.2. The number of para-hydroxylation sites is 1. The van der Waals surface area contributed by atoms with Crippen LogP contribution in [0.5, 0.6) is 0 Å². The molecule has 0 aliphatic carbocycles. The summed E-state index contributed by atoms with van der Waals surface area (Å²) in [6.07, 6.45) is 4.85. The van der Waals surface area contributed by atoms with Crippen LogP contribution in [-0.4, -0.2) is 43.3 Å². The molecular formula is C23H25N3O3S. The predicted molar refractivity (Wildman–Crippen MR) is 119 cm³/mol. The van der Waals surface area contributed by atoms with Crippen LogP contribution >= 0.6 is 0 Å². The van der Waals surface area contributed by atoms with Gasteiger partial charge in [-0.05, 0) is 50.1 Å². The van der Waals surface area contributed by atoms with E-state index in [1.807, 2.05) is 24.4 Å². The molecule has 2 N–H and O–H groups in total. The van der Waals surface area contributed by atoms with Crippen molar-refractivity contribution >= 4 is 32.4 Å². The van der Waals surface area contributed by atoms with E-state index in [0.29, 0.717) is 18.7 Å². The molecule has 156 valence electrons. The van der Waals surface area contributed by atoms with Crippen LogP contribution < -0.4 is 4.72 Å². The average molecular weight is 424 g/mol. The Kier molecular flexibility index (Phi) is 5.49. The van der Waals surface area contributed by atoms with Crippen LogP contribution in [-0.2, 0) is 10.0 Å². The summed E-state index contributed by atoms with van der Waals surface area (Å²) < 4.78 is 27.4. The largest absolute Gasteiger partial charge is 0.361 e. The van der Waals surface area contributed by atoms with Crippen molar-refractivity contribution in [2.75, 3.05) is 13.1 Å². The third-order valence-electron chi connectivity index (χ3n) is 5.21. The fourth-order valence-electron chi connectivity index (χ4n) is 3.79. The van der Waals surface area contributed by atoms with E-state index in [0.717, 1.165) is 11.9 Å². The Hall–Kier alpha value is -2.90. The highest BCUT2D eigenvalue weighted by molar-refractivity contribution is 7.89. The molecule has 1 aliphatic rings. The number of amides is 1. The number of nitrogens with zero attached hydrogens (tertiary/aromatic N) is 1. The summed E-state index contributed by atoms with van der Waals surface area (Å²) in [5.74, 6) is -0.161. The van der Waals surface area contributed by atoms with Crippen LogP contribution in [0.3, 0.4) is 0 Å². The van der Waals surface area contributed by atoms with Gasteiger partial charge in [-0.25, -0.2) is 13.1 Å². The van der Waals surface area contributed by atoms with Crippen molar-refractivity contribution in [3.63, 3.8) is 0 Å². The quantitative estimate of drug-likeness (QED) is 0.655. The number of carbonyl (C=O) groups excluding carboxylic acids is 1. The minimum Gasteiger partial charge on any atom is -0.361 e. The van der Waals surface area contributed by atoms with Crippen LogP contribution in [0, 0.1) is 0 Å². The number of benzene rings is 2. The van der Waals surface area contributed by atoms with Crippen LogP contribution in [0.15, 0.2) is 65.7 Å². The maximum atomic E-state index is 13.0. The second-order valence-corrected chi connectivity index (χ2v) is 9.50. The molecular weight excluding hydrogens is 398 g/mol. The van der Waals surface area contributed by atoms with Gasteiger partial charge in [-0.2, -0.15) is 0 Å². The van der Waals surface area contributed by atoms with E-state index in [9.17, 15) is 13.2 Å². The van der Waals surface area contributed by atoms with Gasteiger partial charge in [0.1, 0.15) is 0 Å². The summed E-state index contributed by atoms with van der Waals surface area (Å²) >= 11 is 0. The zero-order valence-corrected chi connectivity index (χ0v) is 17.9. The van der Waals surface area contributed by atoms with Gasteiger partial charge in [0.15, 0.2) is 0 Å². The van der Waals surface area contributed by atoms with E-state index in [1.165, 1.54) is 28.7 Å². The number of nitrogens with one attached hydrogen (secondary N) is 2. The van der Waals surface area contributed by atoms with Crippen LogP contribution in [0.2, 0.25) is 0 Å². The highest BCUT2D eigenvalue weighted by Crippen LogP contribution is 2.29. The number of carbonyl (C=O) groups is 1. The van der Waals surface area contributed by atoms with Crippen molar-refractivity contribution in [2.45, 2.75) is 31.2 Å². The lowest BCUT2D eigenvalue weighted by atomic mass is 9.98. The Morgan fingerprint density at radius 1 is 1.13 bits per heavy atom. The second-order valence-electron chi connectivity index (χ2n) is 7.78. The number of H-pyrrole nitrogens is 1. The Morgan fingerprint density at radius 3 is 2.67 bits per heavy atom. The monoisotopic (exact) mass is 423 g/mol. The first kappa shape index (κ1) is 20.4. The Bertz CT molecular complexity index is 1230. The third kappa shape index (κ3) is 4.04. The molecule has 1 aromatic heterocycles. The van der Waals surface area contributed by atoms with Gasteiger partial charge in [0, 0.05) is 47.4 Å². The van der Waals surface area contributed by atoms with Gasteiger partial charge >= 0.3 is 0 Å². The summed E-state index contributed by atoms with van der Waals surface area (Å²) in [5, 5.41) is 1.18. The van der Waals surface area contributed by atoms with Crippen LogP contribution in [0.25, 0.3) is 16.5 Å². The first-order chi connectivity index (χ1) is 14.3. The predicted octanol–water partition coefficient (Wildman–Crippen LogP) is 3.78. The van der Waals surface area contributed by atoms with E-state index in [2.05, 4.69) is 21.8 Å². The molecule has 7 heteroatoms. The van der Waals surface area contributed by atoms with Gasteiger partial charge in [0.25, 0.3) is 5.91 Å². The minimum atomic E-state index is -3.64. The number of sulfonamides is 1. The molecule has 2 aromatic carbocycles. The molecule has 3 aromatic rings. The molecule has 0 fully saturated rings. The van der Waals surface area contributed by atoms with Gasteiger partial charge in [-0.1, -0.05) is 30.3 Å². The maximum absolute atomic E-state index is 13.0. The number of rotatable bonds is 5. The van der Waals surface area contributed by atoms with Crippen molar-refractivity contribution in [3.8, 4) is 0 Å². The summed E-state index contributed by atoms with van der Waals surface area (Å²) in [4.78, 5) is 18.1. The van der Waals surface area contributed by atoms with Crippen LogP contribution in [0.4, 0.5) is 0 Å². The topological polar surface area (TPSA) is 82.3 Å². The van der Waals surface area contributed by atoms with Crippen molar-refractivity contribution in [1.82, 2.24) is 14.6 Å². The number of hydrogen-bond donors (Lipinski definition) is 2. The lowest BCUT2D eigenvalue weighted by molar-refractivity contribution is 0.0772. The Balaban J connectivity index is 1.53. The molecule has 0 bridgehead atoms. The van der Waals surface area contributed by atoms with E-state index < -0.39 is 10.0 Å². The molecule has 0 saturated heterocycles. The van der Waals surface area contributed by atoms with Gasteiger partial charge in [-0.15, -0.1) is 0 Å². The van der Waals surface area contributed by atoms with Gasteiger partial charge in [0.05, 0.1) is 4.90 Å². The van der Waals surface area contributed by atoms with E-state index in [1.54, 1.807) is 30.9 Å². The maximum Gasteiger partial charge on any atom is 0.254 e. The van der Waals surface area contributed by atoms with Gasteiger partial charge in [0.2, 0.25) is 10.0 Å². The molecule has 0 radical (unpaired) electrons. The first-order valence-corrected chi connectivity index (χ1v) is 11.5. The molecule has 30 heavy (non-hydrogen) atoms. The molecule has 2 heterocycles. The number of aromatic nitrogens is 1. The summed E-state index contributed by atoms with van der Waals surface area (Å²) in [7, 11) is -3.64. The van der Waals surface area contributed by atoms with E-state index in [4.69, 9.17) is 0 Å². The third-order valence-corrected chi connectivity index (χ3v) is 6.87. The van der Waals surface area contributed by atoms with Crippen molar-refractivity contribution in [3.05, 3.63) is 71.9 Å². The molecule has 4 rings (SSSR count). The highest BCUT2D eigenvalue weighted by Gasteiger charge is 2.22. The lowest BCUT2D eigenvalue weighted by Crippen LogP contribution is -2.35. The molecule has 0 atom stereocenters. The number of hydrogen-bond acceptors (Lipinski definition) is 3. The normalized spacial score (nSPS) is 14.9. The van der Waals surface area contributed by atoms with Crippen molar-refractivity contribution < 1.29 is 13.2 Å². The van der Waals surface area contributed by atoms with Gasteiger partial charge < -0.3 is 9.88 Å². The lowest BCUT2D eigenvalue weighted by Gasteiger charge is -2.26. The minimum absolute atomic E-state index is 0.106. The molecule has 1 amide bonds. The Morgan fingerprint density at radius 2 is 1.93 bits per heavy atom. The van der Waals surface area contributed by atoms with E-state index in [-0.39, 0.29) is 16.8 Å². The second kappa shape index (κ2) is 8.08. The van der Waals surface area contributed by atoms with Gasteiger partial charge in [-0.3, -0.25) is 4.79 Å². The molecule has 6 nitrogen and oxygen atoms in total. The standard InChI is InChI=1S/C23H25N3O3S/c1-16(2)25-30(28,29)19-7-5-6-18(14-19)23(27)26-12-10-17(11-13-26)21-15-24-22-9-4-3-8-20(21)22/h3-10,14-16,24-25H,11-13H2,1-2H3. The molecule has 0 saturated carbocycles. The van der Waals surface area contributed by atoms with Crippen LogP contribution in [0.1, 0.15) is 36.2 Å².